The Balaban J connectivity index is 2.38. The van der Waals surface area contributed by atoms with E-state index in [0.29, 0.717) is 25.9 Å². The molecule has 3 N–H and O–H groups in total. The molecule has 2 aromatic rings. The Kier molecular flexibility index (Phi) is 4.59. The first kappa shape index (κ1) is 13.8. The van der Waals surface area contributed by atoms with E-state index in [1.165, 1.54) is 11.8 Å². The summed E-state index contributed by atoms with van der Waals surface area (Å²) >= 11 is 19.4. The molecule has 2 rings (SSSR count). The number of pyridine rings is 1. The van der Waals surface area contributed by atoms with Crippen molar-refractivity contribution in [3.05, 3.63) is 45.4 Å². The fourth-order valence-electron chi connectivity index (χ4n) is 1.25. The summed E-state index contributed by atoms with van der Waals surface area (Å²) in [6, 6.07) is 9.02. The van der Waals surface area contributed by atoms with Crippen LogP contribution in [0.25, 0.3) is 0 Å². The van der Waals surface area contributed by atoms with Crippen molar-refractivity contribution < 1.29 is 0 Å². The van der Waals surface area contributed by atoms with E-state index in [4.69, 9.17) is 40.6 Å². The van der Waals surface area contributed by atoms with Gasteiger partial charge >= 0.3 is 0 Å². The number of rotatable bonds is 3. The van der Waals surface area contributed by atoms with Gasteiger partial charge in [-0.05, 0) is 18.2 Å². The highest BCUT2D eigenvalue weighted by molar-refractivity contribution is 7.99. The molecule has 3 nitrogen and oxygen atoms in total. The van der Waals surface area contributed by atoms with Crippen LogP contribution in [-0.4, -0.2) is 4.98 Å². The number of nitrogen functional groups attached to an aromatic ring is 1. The predicted molar refractivity (Wildman–Crippen MR) is 77.6 cm³/mol. The van der Waals surface area contributed by atoms with Gasteiger partial charge in [-0.2, -0.15) is 0 Å². The van der Waals surface area contributed by atoms with Crippen LogP contribution >= 0.6 is 46.6 Å². The molecule has 18 heavy (non-hydrogen) atoms. The third-order valence-electron chi connectivity index (χ3n) is 2.08. The van der Waals surface area contributed by atoms with E-state index in [1.54, 1.807) is 12.1 Å². The lowest BCUT2D eigenvalue weighted by atomic mass is 10.4. The van der Waals surface area contributed by atoms with Crippen molar-refractivity contribution in [3.63, 3.8) is 0 Å². The van der Waals surface area contributed by atoms with E-state index in [2.05, 4.69) is 10.4 Å². The van der Waals surface area contributed by atoms with Crippen molar-refractivity contribution in [1.82, 2.24) is 4.98 Å². The highest BCUT2D eigenvalue weighted by Gasteiger charge is 2.11. The summed E-state index contributed by atoms with van der Waals surface area (Å²) in [4.78, 5) is 5.09. The standard InChI is InChI=1S/C11H8Cl3N3S/c12-6-3-1-2-4-9(6)18-11-8(14)5-7(13)10(16-11)17-15/h1-5H,15H2,(H,16,17). The van der Waals surface area contributed by atoms with Crippen LogP contribution in [-0.2, 0) is 0 Å². The Labute approximate surface area is 124 Å². The Morgan fingerprint density at radius 3 is 2.44 bits per heavy atom. The number of halogens is 3. The van der Waals surface area contributed by atoms with Crippen LogP contribution in [0.1, 0.15) is 0 Å². The first-order valence-corrected chi connectivity index (χ1v) is 6.82. The van der Waals surface area contributed by atoms with Crippen molar-refractivity contribution in [1.29, 1.82) is 0 Å². The molecule has 1 aromatic heterocycles. The number of nitrogens with zero attached hydrogens (tertiary/aromatic N) is 1. The molecule has 7 heteroatoms. The minimum atomic E-state index is 0.367. The lowest BCUT2D eigenvalue weighted by Crippen LogP contribution is -2.09. The van der Waals surface area contributed by atoms with E-state index in [9.17, 15) is 0 Å². The van der Waals surface area contributed by atoms with Crippen LogP contribution in [0, 0.1) is 0 Å². The Morgan fingerprint density at radius 1 is 1.06 bits per heavy atom. The van der Waals surface area contributed by atoms with Crippen LogP contribution < -0.4 is 11.3 Å². The maximum atomic E-state index is 6.08. The maximum absolute atomic E-state index is 6.08. The van der Waals surface area contributed by atoms with Gasteiger partial charge in [-0.3, -0.25) is 0 Å². The van der Waals surface area contributed by atoms with Crippen molar-refractivity contribution in [2.24, 2.45) is 5.84 Å². The number of anilines is 1. The second-order valence-electron chi connectivity index (χ2n) is 3.28. The van der Waals surface area contributed by atoms with Gasteiger partial charge in [-0.15, -0.1) is 0 Å². The molecule has 0 bridgehead atoms. The number of hydrogen-bond donors (Lipinski definition) is 2. The fraction of sp³-hybridized carbons (Fsp3) is 0. The number of nitrogens with two attached hydrogens (primary N) is 1. The van der Waals surface area contributed by atoms with Gasteiger partial charge < -0.3 is 5.43 Å². The average Bonchev–Trinajstić information content (AvgIpc) is 2.35. The van der Waals surface area contributed by atoms with Crippen molar-refractivity contribution in [3.8, 4) is 0 Å². The summed E-state index contributed by atoms with van der Waals surface area (Å²) in [7, 11) is 0. The second kappa shape index (κ2) is 5.99. The number of hydrazine groups is 1. The smallest absolute Gasteiger partial charge is 0.160 e. The SMILES string of the molecule is NNc1nc(Sc2ccccc2Cl)c(Cl)cc1Cl. The number of nitrogens with one attached hydrogen (secondary N) is 1. The average molecular weight is 321 g/mol. The van der Waals surface area contributed by atoms with E-state index in [0.717, 1.165) is 4.90 Å². The van der Waals surface area contributed by atoms with Crippen molar-refractivity contribution >= 4 is 52.4 Å². The minimum absolute atomic E-state index is 0.367. The third-order valence-corrected chi connectivity index (χ3v) is 4.29. The summed E-state index contributed by atoms with van der Waals surface area (Å²) in [6.45, 7) is 0. The summed E-state index contributed by atoms with van der Waals surface area (Å²) in [5.74, 6) is 5.69. The lowest BCUT2D eigenvalue weighted by Gasteiger charge is -2.08. The topological polar surface area (TPSA) is 50.9 Å². The zero-order chi connectivity index (χ0) is 13.1. The number of hydrogen-bond acceptors (Lipinski definition) is 4. The molecule has 0 unspecified atom stereocenters. The first-order chi connectivity index (χ1) is 8.61. The zero-order valence-electron chi connectivity index (χ0n) is 8.95. The Morgan fingerprint density at radius 2 is 1.78 bits per heavy atom. The molecule has 0 saturated heterocycles. The van der Waals surface area contributed by atoms with Crippen LogP contribution in [0.3, 0.4) is 0 Å². The van der Waals surface area contributed by atoms with Crippen LogP contribution in [0.2, 0.25) is 15.1 Å². The molecule has 0 aliphatic heterocycles. The molecule has 0 spiro atoms. The predicted octanol–water partition coefficient (Wildman–Crippen LogP) is 4.48. The maximum Gasteiger partial charge on any atom is 0.160 e. The quantitative estimate of drug-likeness (QED) is 0.647. The number of benzene rings is 1. The monoisotopic (exact) mass is 319 g/mol. The molecule has 1 heterocycles. The molecule has 0 amide bonds. The number of aromatic nitrogens is 1. The third kappa shape index (κ3) is 3.02. The Hall–Kier alpha value is -0.650. The highest BCUT2D eigenvalue weighted by atomic mass is 35.5. The highest BCUT2D eigenvalue weighted by Crippen LogP contribution is 2.38. The van der Waals surface area contributed by atoms with Gasteiger partial charge in [0.1, 0.15) is 5.03 Å². The molecule has 0 fully saturated rings. The fourth-order valence-corrected chi connectivity index (χ4v) is 2.85. The van der Waals surface area contributed by atoms with Gasteiger partial charge in [0.25, 0.3) is 0 Å². The molecule has 0 aliphatic rings. The zero-order valence-corrected chi connectivity index (χ0v) is 12.0. The van der Waals surface area contributed by atoms with Gasteiger partial charge in [0.2, 0.25) is 0 Å². The molecule has 0 atom stereocenters. The molecule has 0 saturated carbocycles. The normalized spacial score (nSPS) is 10.4. The molecule has 1 aromatic carbocycles. The minimum Gasteiger partial charge on any atom is -0.307 e. The Bertz CT molecular complexity index is 577. The molecular weight excluding hydrogens is 313 g/mol. The van der Waals surface area contributed by atoms with Crippen LogP contribution in [0.4, 0.5) is 5.82 Å². The van der Waals surface area contributed by atoms with Crippen LogP contribution in [0.5, 0.6) is 0 Å². The van der Waals surface area contributed by atoms with Crippen molar-refractivity contribution in [2.45, 2.75) is 9.92 Å². The van der Waals surface area contributed by atoms with Gasteiger partial charge in [0, 0.05) is 4.90 Å². The largest absolute Gasteiger partial charge is 0.307 e. The van der Waals surface area contributed by atoms with Gasteiger partial charge in [-0.25, -0.2) is 10.8 Å². The summed E-state index contributed by atoms with van der Waals surface area (Å²) < 4.78 is 0. The molecule has 0 radical (unpaired) electrons. The van der Waals surface area contributed by atoms with E-state index in [-0.39, 0.29) is 0 Å². The van der Waals surface area contributed by atoms with E-state index in [1.807, 2.05) is 18.2 Å². The molecule has 94 valence electrons. The van der Waals surface area contributed by atoms with Crippen LogP contribution in [0.15, 0.2) is 40.3 Å². The second-order valence-corrected chi connectivity index (χ2v) is 5.53. The van der Waals surface area contributed by atoms with E-state index < -0.39 is 0 Å². The van der Waals surface area contributed by atoms with Crippen molar-refractivity contribution in [2.75, 3.05) is 5.43 Å². The summed E-state index contributed by atoms with van der Waals surface area (Å²) in [6.07, 6.45) is 0. The van der Waals surface area contributed by atoms with Gasteiger partial charge in [-0.1, -0.05) is 58.7 Å². The van der Waals surface area contributed by atoms with E-state index >= 15 is 0 Å². The lowest BCUT2D eigenvalue weighted by molar-refractivity contribution is 1.11. The summed E-state index contributed by atoms with van der Waals surface area (Å²) in [5.41, 5.74) is 2.42. The molecular formula is C11H8Cl3N3S. The summed E-state index contributed by atoms with van der Waals surface area (Å²) in [5, 5.41) is 2.04. The van der Waals surface area contributed by atoms with Gasteiger partial charge in [0.15, 0.2) is 5.82 Å². The van der Waals surface area contributed by atoms with Gasteiger partial charge in [0.05, 0.1) is 15.1 Å². The molecule has 0 aliphatic carbocycles. The first-order valence-electron chi connectivity index (χ1n) is 4.87.